The summed E-state index contributed by atoms with van der Waals surface area (Å²) in [6.07, 6.45) is 1.94. The van der Waals surface area contributed by atoms with Gasteiger partial charge in [0.2, 0.25) is 5.91 Å². The smallest absolute Gasteiger partial charge is 0.326 e. The molecule has 1 aromatic carbocycles. The van der Waals surface area contributed by atoms with Gasteiger partial charge in [-0.25, -0.2) is 13.2 Å². The highest BCUT2D eigenvalue weighted by Gasteiger charge is 2.26. The summed E-state index contributed by atoms with van der Waals surface area (Å²) in [6.45, 7) is 2.36. The van der Waals surface area contributed by atoms with Gasteiger partial charge in [-0.3, -0.25) is 4.79 Å². The van der Waals surface area contributed by atoms with Gasteiger partial charge in [0, 0.05) is 18.7 Å². The molecule has 152 valence electrons. The molecular formula is C17H26N2O7S. The summed E-state index contributed by atoms with van der Waals surface area (Å²) >= 11 is 0. The van der Waals surface area contributed by atoms with Gasteiger partial charge < -0.3 is 25.6 Å². The summed E-state index contributed by atoms with van der Waals surface area (Å²) in [5.41, 5.74) is 6.57. The SMILES string of the molecule is CCOc1cc([C@H](N)CS(C)(=O)=O)ccc1OC.O=C1CC[C@@H](C(=O)O)N1. The number of rotatable bonds is 7. The van der Waals surface area contributed by atoms with E-state index in [-0.39, 0.29) is 11.7 Å². The van der Waals surface area contributed by atoms with Crippen molar-refractivity contribution in [3.8, 4) is 11.5 Å². The van der Waals surface area contributed by atoms with Gasteiger partial charge in [-0.05, 0) is 31.0 Å². The van der Waals surface area contributed by atoms with Gasteiger partial charge in [0.15, 0.2) is 11.5 Å². The lowest BCUT2D eigenvalue weighted by molar-refractivity contribution is -0.140. The highest BCUT2D eigenvalue weighted by atomic mass is 32.2. The summed E-state index contributed by atoms with van der Waals surface area (Å²) in [4.78, 5) is 20.5. The van der Waals surface area contributed by atoms with Crippen molar-refractivity contribution in [1.29, 1.82) is 0 Å². The fourth-order valence-electron chi connectivity index (χ4n) is 2.41. The topological polar surface area (TPSA) is 145 Å². The number of carbonyl (C=O) groups is 2. The van der Waals surface area contributed by atoms with E-state index >= 15 is 0 Å². The highest BCUT2D eigenvalue weighted by molar-refractivity contribution is 7.90. The third-order valence-electron chi connectivity index (χ3n) is 3.69. The van der Waals surface area contributed by atoms with Crippen LogP contribution in [0.2, 0.25) is 0 Å². The molecule has 1 amide bonds. The molecule has 0 unspecified atom stereocenters. The number of sulfone groups is 1. The van der Waals surface area contributed by atoms with Crippen LogP contribution in [0.3, 0.4) is 0 Å². The second-order valence-corrected chi connectivity index (χ2v) is 8.22. The summed E-state index contributed by atoms with van der Waals surface area (Å²) in [5.74, 6) is -0.0258. The number of carboxylic acids is 1. The van der Waals surface area contributed by atoms with Crippen molar-refractivity contribution >= 4 is 21.7 Å². The van der Waals surface area contributed by atoms with Gasteiger partial charge in [-0.2, -0.15) is 0 Å². The Morgan fingerprint density at radius 3 is 2.48 bits per heavy atom. The number of carboxylic acid groups (broad SMARTS) is 1. The Balaban J connectivity index is 0.000000337. The number of hydrogen-bond donors (Lipinski definition) is 3. The Morgan fingerprint density at radius 1 is 1.41 bits per heavy atom. The normalized spacial score (nSPS) is 17.3. The first-order valence-electron chi connectivity index (χ1n) is 8.33. The van der Waals surface area contributed by atoms with E-state index < -0.39 is 27.9 Å². The third kappa shape index (κ3) is 7.83. The van der Waals surface area contributed by atoms with E-state index in [4.69, 9.17) is 20.3 Å². The molecule has 0 aliphatic carbocycles. The largest absolute Gasteiger partial charge is 0.493 e. The van der Waals surface area contributed by atoms with E-state index in [9.17, 15) is 18.0 Å². The Hall–Kier alpha value is -2.33. The maximum atomic E-state index is 11.2. The second kappa shape index (κ2) is 10.1. The molecule has 0 bridgehead atoms. The van der Waals surface area contributed by atoms with Gasteiger partial charge in [0.25, 0.3) is 0 Å². The number of ether oxygens (including phenoxy) is 2. The average Bonchev–Trinajstić information content (AvgIpc) is 3.01. The molecule has 0 spiro atoms. The first-order chi connectivity index (χ1) is 12.6. The van der Waals surface area contributed by atoms with Crippen LogP contribution in [0.1, 0.15) is 31.4 Å². The molecule has 4 N–H and O–H groups in total. The lowest BCUT2D eigenvalue weighted by Gasteiger charge is -2.15. The van der Waals surface area contributed by atoms with Crippen LogP contribution in [0.15, 0.2) is 18.2 Å². The van der Waals surface area contributed by atoms with Crippen molar-refractivity contribution in [2.75, 3.05) is 25.7 Å². The van der Waals surface area contributed by atoms with E-state index in [1.807, 2.05) is 6.92 Å². The van der Waals surface area contributed by atoms with Crippen LogP contribution < -0.4 is 20.5 Å². The van der Waals surface area contributed by atoms with E-state index in [2.05, 4.69) is 5.32 Å². The molecule has 1 aliphatic heterocycles. The van der Waals surface area contributed by atoms with E-state index in [1.54, 1.807) is 25.3 Å². The minimum Gasteiger partial charge on any atom is -0.493 e. The quantitative estimate of drug-likeness (QED) is 0.597. The first kappa shape index (κ1) is 22.7. The maximum absolute atomic E-state index is 11.2. The first-order valence-corrected chi connectivity index (χ1v) is 10.4. The van der Waals surface area contributed by atoms with Gasteiger partial charge in [0.05, 0.1) is 19.5 Å². The zero-order chi connectivity index (χ0) is 20.6. The van der Waals surface area contributed by atoms with Crippen molar-refractivity contribution in [3.05, 3.63) is 23.8 Å². The van der Waals surface area contributed by atoms with Crippen molar-refractivity contribution < 1.29 is 32.6 Å². The fourth-order valence-corrected chi connectivity index (χ4v) is 3.26. The van der Waals surface area contributed by atoms with Crippen LogP contribution >= 0.6 is 0 Å². The molecule has 1 saturated heterocycles. The molecule has 2 rings (SSSR count). The van der Waals surface area contributed by atoms with Gasteiger partial charge in [0.1, 0.15) is 15.9 Å². The Morgan fingerprint density at radius 2 is 2.07 bits per heavy atom. The molecule has 9 nitrogen and oxygen atoms in total. The van der Waals surface area contributed by atoms with Crippen LogP contribution in [0.25, 0.3) is 0 Å². The summed E-state index contributed by atoms with van der Waals surface area (Å²) < 4.78 is 33.0. The van der Waals surface area contributed by atoms with Crippen LogP contribution in [-0.2, 0) is 19.4 Å². The molecule has 1 aromatic rings. The summed E-state index contributed by atoms with van der Waals surface area (Å²) in [7, 11) is -1.56. The van der Waals surface area contributed by atoms with Crippen molar-refractivity contribution in [2.24, 2.45) is 5.73 Å². The molecule has 1 heterocycles. The minimum atomic E-state index is -3.11. The van der Waals surface area contributed by atoms with Gasteiger partial charge in [-0.1, -0.05) is 6.07 Å². The fraction of sp³-hybridized carbons (Fsp3) is 0.529. The number of nitrogens with one attached hydrogen (secondary N) is 1. The Labute approximate surface area is 158 Å². The van der Waals surface area contributed by atoms with Crippen LogP contribution in [-0.4, -0.2) is 57.2 Å². The lowest BCUT2D eigenvalue weighted by Crippen LogP contribution is -2.32. The molecule has 27 heavy (non-hydrogen) atoms. The zero-order valence-electron chi connectivity index (χ0n) is 15.6. The molecule has 0 aromatic heterocycles. The second-order valence-electron chi connectivity index (χ2n) is 6.04. The van der Waals surface area contributed by atoms with Crippen molar-refractivity contribution in [3.63, 3.8) is 0 Å². The molecule has 1 fully saturated rings. The number of hydrogen-bond acceptors (Lipinski definition) is 7. The monoisotopic (exact) mass is 402 g/mol. The number of carbonyl (C=O) groups excluding carboxylic acids is 1. The average molecular weight is 402 g/mol. The molecule has 2 atom stereocenters. The Bertz CT molecular complexity index is 765. The van der Waals surface area contributed by atoms with E-state index in [0.717, 1.165) is 0 Å². The summed E-state index contributed by atoms with van der Waals surface area (Å²) in [5, 5.41) is 10.6. The molecule has 10 heteroatoms. The molecule has 0 saturated carbocycles. The van der Waals surface area contributed by atoms with Crippen LogP contribution in [0.5, 0.6) is 11.5 Å². The summed E-state index contributed by atoms with van der Waals surface area (Å²) in [6, 6.07) is 3.99. The van der Waals surface area contributed by atoms with Crippen LogP contribution in [0.4, 0.5) is 0 Å². The molecule has 0 radical (unpaired) electrons. The number of amides is 1. The standard InChI is InChI=1S/C12H19NO4S.C5H7NO3/c1-4-17-12-7-9(5-6-11(12)16-2)10(13)8-18(3,14)15;7-4-2-1-3(6-4)5(8)9/h5-7,10H,4,8,13H2,1-3H3;3H,1-2H2,(H,6,7)(H,8,9)/t10-;3-/m10/s1. The maximum Gasteiger partial charge on any atom is 0.326 e. The number of benzene rings is 1. The third-order valence-corrected chi connectivity index (χ3v) is 4.66. The van der Waals surface area contributed by atoms with E-state index in [0.29, 0.717) is 36.5 Å². The van der Waals surface area contributed by atoms with Gasteiger partial charge in [-0.15, -0.1) is 0 Å². The predicted molar refractivity (Wildman–Crippen MR) is 99.6 cm³/mol. The predicted octanol–water partition coefficient (Wildman–Crippen LogP) is 0.488. The lowest BCUT2D eigenvalue weighted by atomic mass is 10.1. The molecular weight excluding hydrogens is 376 g/mol. The number of methoxy groups -OCH3 is 1. The van der Waals surface area contributed by atoms with Crippen LogP contribution in [0, 0.1) is 0 Å². The number of nitrogens with two attached hydrogens (primary N) is 1. The minimum absolute atomic E-state index is 0.0924. The highest BCUT2D eigenvalue weighted by Crippen LogP contribution is 2.30. The number of aliphatic carboxylic acids is 1. The van der Waals surface area contributed by atoms with Crippen molar-refractivity contribution in [1.82, 2.24) is 5.32 Å². The van der Waals surface area contributed by atoms with Gasteiger partial charge >= 0.3 is 5.97 Å². The van der Waals surface area contributed by atoms with E-state index in [1.165, 1.54) is 6.26 Å². The molecule has 1 aliphatic rings. The Kier molecular flexibility index (Phi) is 8.51. The van der Waals surface area contributed by atoms with Crippen molar-refractivity contribution in [2.45, 2.75) is 31.8 Å². The zero-order valence-corrected chi connectivity index (χ0v) is 16.4.